The number of nitrogens with one attached hydrogen (secondary N) is 2. The Morgan fingerprint density at radius 3 is 1.07 bits per heavy atom. The molecule has 0 spiro atoms. The number of hydrogen-bond acceptors (Lipinski definition) is 9. The van der Waals surface area contributed by atoms with Crippen molar-refractivity contribution < 1.29 is 30.0 Å². The average molecular weight is 1210 g/mol. The normalized spacial score (nSPS) is 10.7. The lowest BCUT2D eigenvalue weighted by molar-refractivity contribution is -0.137. The van der Waals surface area contributed by atoms with Gasteiger partial charge in [0.15, 0.2) is 0 Å². The second-order valence-electron chi connectivity index (χ2n) is 26.8. The van der Waals surface area contributed by atoms with E-state index in [0.717, 1.165) is 61.3 Å². The second-order valence-corrected chi connectivity index (χ2v) is 27.7. The van der Waals surface area contributed by atoms with Crippen LogP contribution in [0.25, 0.3) is 0 Å². The molecular weight excluding hydrogens is 1050 g/mol. The van der Waals surface area contributed by atoms with Gasteiger partial charge in [-0.2, -0.15) is 11.8 Å². The van der Waals surface area contributed by atoms with E-state index in [-0.39, 0.29) is 30.1 Å². The molecular formula is C71H153N5O6S. The first kappa shape index (κ1) is 105. The van der Waals surface area contributed by atoms with E-state index < -0.39 is 5.97 Å². The van der Waals surface area contributed by atoms with E-state index in [9.17, 15) is 9.59 Å². The van der Waals surface area contributed by atoms with E-state index >= 15 is 0 Å². The van der Waals surface area contributed by atoms with Gasteiger partial charge in [0.1, 0.15) is 11.5 Å². The molecule has 0 amide bonds. The topological polar surface area (TPSA) is 220 Å². The lowest BCUT2D eigenvalue weighted by Gasteiger charge is -2.10. The Morgan fingerprint density at radius 1 is 0.614 bits per heavy atom. The summed E-state index contributed by atoms with van der Waals surface area (Å²) < 4.78 is 0. The van der Waals surface area contributed by atoms with Crippen LogP contribution in [0.2, 0.25) is 0 Å². The van der Waals surface area contributed by atoms with Crippen molar-refractivity contribution in [2.24, 2.45) is 88.4 Å². The predicted octanol–water partition coefficient (Wildman–Crippen LogP) is 20.6. The van der Waals surface area contributed by atoms with E-state index in [4.69, 9.17) is 37.3 Å². The van der Waals surface area contributed by atoms with Crippen molar-refractivity contribution in [2.45, 2.75) is 285 Å². The van der Waals surface area contributed by atoms with Crippen molar-refractivity contribution in [2.75, 3.05) is 25.2 Å². The minimum atomic E-state index is -0.713. The third-order valence-electron chi connectivity index (χ3n) is 10.4. The van der Waals surface area contributed by atoms with Gasteiger partial charge in [0, 0.05) is 37.8 Å². The number of aromatic amines is 1. The molecule has 0 radical (unpaired) electrons. The molecule has 0 saturated heterocycles. The van der Waals surface area contributed by atoms with Gasteiger partial charge in [0.25, 0.3) is 0 Å². The molecule has 0 saturated carbocycles. The van der Waals surface area contributed by atoms with Crippen LogP contribution in [-0.2, 0) is 16.0 Å². The third-order valence-corrected chi connectivity index (χ3v) is 11.1. The maximum Gasteiger partial charge on any atom is 0.303 e. The van der Waals surface area contributed by atoms with Crippen molar-refractivity contribution in [3.63, 3.8) is 0 Å². The fourth-order valence-corrected chi connectivity index (χ4v) is 4.58. The molecule has 0 aliphatic heterocycles. The van der Waals surface area contributed by atoms with Gasteiger partial charge in [-0.05, 0) is 146 Å². The number of nitrogens with two attached hydrogens (primary N) is 2. The summed E-state index contributed by atoms with van der Waals surface area (Å²) in [5.74, 6) is 10.8. The summed E-state index contributed by atoms with van der Waals surface area (Å²) in [6, 6.07) is 7.40. The number of benzene rings is 1. The molecule has 1 aromatic carbocycles. The summed E-state index contributed by atoms with van der Waals surface area (Å²) in [7, 11) is 0. The number of imidazole rings is 1. The van der Waals surface area contributed by atoms with Crippen molar-refractivity contribution in [1.29, 1.82) is 5.41 Å². The number of amidine groups is 1. The first-order valence-corrected chi connectivity index (χ1v) is 33.5. The smallest absolute Gasteiger partial charge is 0.303 e. The highest BCUT2D eigenvalue weighted by Gasteiger charge is 2.02. The Balaban J connectivity index is -0.0000000760. The predicted molar refractivity (Wildman–Crippen MR) is 379 cm³/mol. The van der Waals surface area contributed by atoms with Crippen LogP contribution in [0.1, 0.15) is 284 Å². The standard InChI is InChI=1S/C10H14O.C7H16.C6H10N2.C6H12O.C6H14S.C6H14.C5H12N2.C5H10O2.C5H12O.C4H11N.C4H10O.C4H10.C3H8/c1-8(2)7-9-3-5-10(11)6-4-9;1-5-7(4)6(2)3;1-5(2)6-3-7-4-8-6;1-5(2)4-6(3)7;1-6(2)4-5-7-3;1-5(2)6(3)4;2*1-4(2)3-5(6)7;1-4(2)5(3)6;2*1-4(2)3-5;1-4(2)3;1-3-2/h3-6,8,11H,7H2,1-2H3;6-7H,5H2,1-4H3;3-5H,1-2H3,(H,7,8);5H,4H2,1-3H3;6H,4-5H2,1-3H3;5-6H,1-4H3;4H,3H2,1-2H3,(H3,6,7);4H,3H2,1-2H3,(H,6,7);4-6H,1-3H3;4H,3,5H2,1-2H3;4-5H,3H2,1-2H3;4H,1-3H3;3H2,1-2H3. The lowest BCUT2D eigenvalue weighted by atomic mass is 9.96. The quantitative estimate of drug-likeness (QED) is 0.0521. The number of phenols is 1. The fourth-order valence-electron chi connectivity index (χ4n) is 3.87. The van der Waals surface area contributed by atoms with Crippen molar-refractivity contribution in [3.05, 3.63) is 48.0 Å². The molecule has 0 fully saturated rings. The zero-order chi connectivity index (χ0) is 68.6. The molecule has 83 heavy (non-hydrogen) atoms. The summed E-state index contributed by atoms with van der Waals surface area (Å²) >= 11 is 1.93. The maximum absolute atomic E-state index is 10.3. The number of carbonyl (C=O) groups excluding carboxylic acids is 1. The number of rotatable bonds is 18. The third kappa shape index (κ3) is 149. The van der Waals surface area contributed by atoms with Crippen LogP contribution in [0.3, 0.4) is 0 Å². The Morgan fingerprint density at radius 2 is 0.976 bits per heavy atom. The molecule has 12 heteroatoms. The van der Waals surface area contributed by atoms with Gasteiger partial charge >= 0.3 is 5.97 Å². The van der Waals surface area contributed by atoms with Crippen LogP contribution in [0.15, 0.2) is 36.8 Å². The Kier molecular flexibility index (Phi) is 97.5. The number of carbonyl (C=O) groups is 2. The Hall–Kier alpha value is -2.93. The number of aromatic nitrogens is 2. The number of H-pyrrole nitrogens is 1. The number of nitrogens with zero attached hydrogens (tertiary/aromatic N) is 1. The molecule has 0 bridgehead atoms. The largest absolute Gasteiger partial charge is 0.508 e. The molecule has 2 unspecified atom stereocenters. The van der Waals surface area contributed by atoms with Crippen LogP contribution in [0.5, 0.6) is 5.75 Å². The van der Waals surface area contributed by atoms with Gasteiger partial charge in [-0.3, -0.25) is 10.2 Å². The van der Waals surface area contributed by atoms with E-state index in [1.165, 1.54) is 36.3 Å². The van der Waals surface area contributed by atoms with Gasteiger partial charge in [-0.1, -0.05) is 240 Å². The van der Waals surface area contributed by atoms with Crippen LogP contribution >= 0.6 is 11.8 Å². The van der Waals surface area contributed by atoms with Gasteiger partial charge in [-0.15, -0.1) is 0 Å². The van der Waals surface area contributed by atoms with Crippen molar-refractivity contribution in [1.82, 2.24) is 9.97 Å². The van der Waals surface area contributed by atoms with E-state index in [2.05, 4.69) is 162 Å². The zero-order valence-corrected chi connectivity index (χ0v) is 62.6. The molecule has 2 rings (SSSR count). The average Bonchev–Trinajstić information content (AvgIpc) is 3.88. The number of ketones is 1. The highest BCUT2D eigenvalue weighted by molar-refractivity contribution is 7.98. The number of carboxylic acid groups (broad SMARTS) is 1. The van der Waals surface area contributed by atoms with Crippen LogP contribution in [0, 0.1) is 82.3 Å². The van der Waals surface area contributed by atoms with Crippen molar-refractivity contribution >= 4 is 29.4 Å². The van der Waals surface area contributed by atoms with Gasteiger partial charge in [0.05, 0.1) is 18.3 Å². The van der Waals surface area contributed by atoms with E-state index in [1.807, 2.05) is 99.3 Å². The molecule has 0 aliphatic carbocycles. The molecule has 1 aromatic heterocycles. The number of aliphatic hydroxyl groups is 2. The van der Waals surface area contributed by atoms with Crippen LogP contribution in [0.4, 0.5) is 0 Å². The minimum absolute atomic E-state index is 0.148. The van der Waals surface area contributed by atoms with Gasteiger partial charge < -0.3 is 41.7 Å². The van der Waals surface area contributed by atoms with Gasteiger partial charge in [-0.25, -0.2) is 4.98 Å². The molecule has 2 atom stereocenters. The SMILES string of the molecule is CC(=O)CC(C)C.CC(C)C.CC(C)C(C)C.CC(C)C(C)O.CC(C)CC(=N)N.CC(C)CC(=O)O.CC(C)CN.CC(C)CO.CC(C)Cc1ccc(O)cc1.CC(C)c1cnc[nH]1.CCC.CCC(C)C(C)C.CSCCC(C)C. The summed E-state index contributed by atoms with van der Waals surface area (Å²) in [5.41, 5.74) is 12.7. The van der Waals surface area contributed by atoms with Crippen molar-refractivity contribution in [3.8, 4) is 5.75 Å². The molecule has 2 aromatic rings. The lowest BCUT2D eigenvalue weighted by Crippen LogP contribution is -2.11. The fraction of sp³-hybridized carbons (Fsp3) is 0.831. The van der Waals surface area contributed by atoms with Crippen LogP contribution < -0.4 is 11.5 Å². The molecule has 1 heterocycles. The molecule has 10 N–H and O–H groups in total. The van der Waals surface area contributed by atoms with E-state index in [0.29, 0.717) is 53.8 Å². The first-order chi connectivity index (χ1) is 37.8. The van der Waals surface area contributed by atoms with E-state index in [1.54, 1.807) is 32.3 Å². The van der Waals surface area contributed by atoms with Crippen LogP contribution in [-0.4, -0.2) is 79.2 Å². The Labute approximate surface area is 525 Å². The number of aliphatic carboxylic acids is 1. The first-order valence-electron chi connectivity index (χ1n) is 32.1. The monoisotopic (exact) mass is 1200 g/mol. The number of thioether (sulfide) groups is 1. The number of carboxylic acids is 1. The minimum Gasteiger partial charge on any atom is -0.508 e. The number of aromatic hydroxyl groups is 1. The zero-order valence-electron chi connectivity index (χ0n) is 61.8. The number of phenolic OH excluding ortho intramolecular Hbond substituents is 1. The van der Waals surface area contributed by atoms with Gasteiger partial charge in [0.2, 0.25) is 0 Å². The second kappa shape index (κ2) is 77.1. The molecule has 0 aliphatic rings. The molecule has 11 nitrogen and oxygen atoms in total. The highest BCUT2D eigenvalue weighted by atomic mass is 32.2. The molecule has 504 valence electrons. The number of hydrogen-bond donors (Lipinski definition) is 8. The summed E-state index contributed by atoms with van der Waals surface area (Å²) in [5, 5.41) is 40.7. The maximum atomic E-state index is 10.3. The number of aliphatic hydroxyl groups excluding tert-OH is 2. The highest BCUT2D eigenvalue weighted by Crippen LogP contribution is 2.14. The Bertz CT molecular complexity index is 1410. The summed E-state index contributed by atoms with van der Waals surface area (Å²) in [6.07, 6.45) is 12.3. The summed E-state index contributed by atoms with van der Waals surface area (Å²) in [4.78, 5) is 27.0. The summed E-state index contributed by atoms with van der Waals surface area (Å²) in [6.45, 7) is 70.5. The number of Topliss-reactive ketones (excluding diaryl/α,β-unsaturated/α-hetero) is 1.